The minimum atomic E-state index is -0.124. The number of aromatic amines is 1. The highest BCUT2D eigenvalue weighted by Gasteiger charge is 2.34. The lowest BCUT2D eigenvalue weighted by molar-refractivity contribution is -0.132. The monoisotopic (exact) mass is 406 g/mol. The van der Waals surface area contributed by atoms with Gasteiger partial charge < -0.3 is 9.88 Å². The van der Waals surface area contributed by atoms with E-state index in [-0.39, 0.29) is 11.9 Å². The molecule has 2 aromatic heterocycles. The summed E-state index contributed by atoms with van der Waals surface area (Å²) in [6, 6.07) is 20.1. The lowest BCUT2D eigenvalue weighted by Gasteiger charge is -2.36. The molecule has 0 radical (unpaired) electrons. The Balaban J connectivity index is 1.60. The number of carbonyl (C=O) groups excluding carboxylic acids is 1. The predicted octanol–water partition coefficient (Wildman–Crippen LogP) is 5.60. The van der Waals surface area contributed by atoms with Crippen LogP contribution in [0.2, 0.25) is 5.02 Å². The van der Waals surface area contributed by atoms with E-state index in [1.165, 1.54) is 10.9 Å². The molecule has 1 atom stereocenters. The Morgan fingerprint density at radius 3 is 2.71 bits per heavy atom. The minimum absolute atomic E-state index is 0.124. The van der Waals surface area contributed by atoms with Crippen LogP contribution in [-0.2, 0) is 17.6 Å². The van der Waals surface area contributed by atoms with Gasteiger partial charge >= 0.3 is 0 Å². The first-order valence-electron chi connectivity index (χ1n) is 9.37. The third-order valence-corrected chi connectivity index (χ3v) is 6.57. The molecule has 28 heavy (non-hydrogen) atoms. The lowest BCUT2D eigenvalue weighted by Crippen LogP contribution is -2.41. The molecule has 3 nitrogen and oxygen atoms in total. The molecule has 5 heteroatoms. The quantitative estimate of drug-likeness (QED) is 0.472. The molecule has 4 aromatic rings. The molecule has 3 heterocycles. The number of nitrogens with one attached hydrogen (secondary N) is 1. The molecule has 5 rings (SSSR count). The molecule has 1 aliphatic rings. The van der Waals surface area contributed by atoms with Crippen molar-refractivity contribution in [2.75, 3.05) is 6.54 Å². The Bertz CT molecular complexity index is 1130. The van der Waals surface area contributed by atoms with Crippen LogP contribution in [0, 0.1) is 0 Å². The van der Waals surface area contributed by atoms with E-state index in [9.17, 15) is 4.79 Å². The molecule has 0 saturated heterocycles. The normalized spacial score (nSPS) is 16.3. The zero-order valence-corrected chi connectivity index (χ0v) is 16.8. The van der Waals surface area contributed by atoms with Gasteiger partial charge in [0.15, 0.2) is 0 Å². The second kappa shape index (κ2) is 7.12. The van der Waals surface area contributed by atoms with Gasteiger partial charge in [0.1, 0.15) is 0 Å². The minimum Gasteiger partial charge on any atom is -0.356 e. The summed E-state index contributed by atoms with van der Waals surface area (Å²) in [4.78, 5) is 19.9. The molecule has 0 saturated carbocycles. The fourth-order valence-electron chi connectivity index (χ4n) is 4.16. The summed E-state index contributed by atoms with van der Waals surface area (Å²) in [5.41, 5.74) is 4.64. The summed E-state index contributed by atoms with van der Waals surface area (Å²) in [6.45, 7) is 0.715. The van der Waals surface area contributed by atoms with Gasteiger partial charge in [-0.05, 0) is 47.2 Å². The number of rotatable bonds is 3. The van der Waals surface area contributed by atoms with Gasteiger partial charge in [0.25, 0.3) is 0 Å². The van der Waals surface area contributed by atoms with E-state index in [0.29, 0.717) is 18.0 Å². The van der Waals surface area contributed by atoms with Gasteiger partial charge in [0.05, 0.1) is 12.5 Å². The third-order valence-electron chi connectivity index (χ3n) is 5.45. The second-order valence-corrected chi connectivity index (χ2v) is 8.58. The number of carbonyl (C=O) groups is 1. The number of H-pyrrole nitrogens is 1. The highest BCUT2D eigenvalue weighted by molar-refractivity contribution is 7.10. The van der Waals surface area contributed by atoms with Crippen LogP contribution >= 0.6 is 22.9 Å². The van der Waals surface area contributed by atoms with Crippen molar-refractivity contribution < 1.29 is 4.79 Å². The Morgan fingerprint density at radius 1 is 1.11 bits per heavy atom. The number of thiophene rings is 1. The van der Waals surface area contributed by atoms with Crippen molar-refractivity contribution in [3.63, 3.8) is 0 Å². The van der Waals surface area contributed by atoms with E-state index < -0.39 is 0 Å². The van der Waals surface area contributed by atoms with Crippen molar-refractivity contribution in [3.8, 4) is 0 Å². The molecule has 1 unspecified atom stereocenters. The van der Waals surface area contributed by atoms with Crippen LogP contribution in [0.1, 0.15) is 27.7 Å². The Hall–Kier alpha value is -2.56. The molecule has 1 amide bonds. The van der Waals surface area contributed by atoms with Crippen molar-refractivity contribution >= 4 is 39.7 Å². The van der Waals surface area contributed by atoms with E-state index in [4.69, 9.17) is 11.6 Å². The van der Waals surface area contributed by atoms with Gasteiger partial charge in [-0.2, -0.15) is 0 Å². The highest BCUT2D eigenvalue weighted by atomic mass is 35.5. The predicted molar refractivity (Wildman–Crippen MR) is 115 cm³/mol. The van der Waals surface area contributed by atoms with E-state index in [1.807, 2.05) is 52.7 Å². The van der Waals surface area contributed by atoms with Gasteiger partial charge in [-0.1, -0.05) is 48.0 Å². The molecule has 1 aliphatic heterocycles. The van der Waals surface area contributed by atoms with Gasteiger partial charge in [-0.15, -0.1) is 11.3 Å². The van der Waals surface area contributed by atoms with Crippen molar-refractivity contribution in [2.45, 2.75) is 18.9 Å². The van der Waals surface area contributed by atoms with Crippen molar-refractivity contribution in [2.24, 2.45) is 0 Å². The number of benzene rings is 2. The highest BCUT2D eigenvalue weighted by Crippen LogP contribution is 2.39. The van der Waals surface area contributed by atoms with E-state index in [0.717, 1.165) is 28.1 Å². The summed E-state index contributed by atoms with van der Waals surface area (Å²) in [5.74, 6) is 0.159. The summed E-state index contributed by atoms with van der Waals surface area (Å²) < 4.78 is 0. The van der Waals surface area contributed by atoms with Crippen LogP contribution < -0.4 is 0 Å². The van der Waals surface area contributed by atoms with Gasteiger partial charge in [0, 0.05) is 33.0 Å². The number of hydrogen-bond acceptors (Lipinski definition) is 2. The Kier molecular flexibility index (Phi) is 4.46. The van der Waals surface area contributed by atoms with Gasteiger partial charge in [0.2, 0.25) is 5.91 Å². The molecule has 0 bridgehead atoms. The van der Waals surface area contributed by atoms with Crippen LogP contribution in [-0.4, -0.2) is 22.3 Å². The summed E-state index contributed by atoms with van der Waals surface area (Å²) in [5, 5.41) is 3.97. The second-order valence-electron chi connectivity index (χ2n) is 7.11. The molecular formula is C23H19ClN2OS. The molecule has 2 aromatic carbocycles. The number of para-hydroxylation sites is 1. The smallest absolute Gasteiger partial charge is 0.228 e. The van der Waals surface area contributed by atoms with Crippen molar-refractivity contribution in [1.29, 1.82) is 0 Å². The van der Waals surface area contributed by atoms with Crippen LogP contribution in [0.25, 0.3) is 10.9 Å². The maximum Gasteiger partial charge on any atom is 0.228 e. The van der Waals surface area contributed by atoms with Crippen molar-refractivity contribution in [1.82, 2.24) is 9.88 Å². The maximum atomic E-state index is 13.2. The van der Waals surface area contributed by atoms with Crippen LogP contribution in [0.15, 0.2) is 66.0 Å². The molecule has 0 aliphatic carbocycles. The number of halogens is 1. The van der Waals surface area contributed by atoms with Gasteiger partial charge in [-0.3, -0.25) is 4.79 Å². The first-order chi connectivity index (χ1) is 13.7. The van der Waals surface area contributed by atoms with E-state index in [1.54, 1.807) is 11.3 Å². The average molecular weight is 407 g/mol. The van der Waals surface area contributed by atoms with Crippen LogP contribution in [0.4, 0.5) is 0 Å². The zero-order valence-electron chi connectivity index (χ0n) is 15.2. The number of nitrogens with zero attached hydrogens (tertiary/aromatic N) is 1. The number of fused-ring (bicyclic) bond motifs is 3. The topological polar surface area (TPSA) is 36.1 Å². The molecular weight excluding hydrogens is 388 g/mol. The van der Waals surface area contributed by atoms with Crippen molar-refractivity contribution in [3.05, 3.63) is 92.8 Å². The largest absolute Gasteiger partial charge is 0.356 e. The molecule has 0 fully saturated rings. The standard InChI is InChI=1S/C23H19ClN2OS/c24-16-9-7-15(8-10-16)23-22-19(18-5-1-2-6-20(18)25-22)11-12-26(23)21(27)14-17-4-3-13-28-17/h1-10,13,23,25H,11-12,14H2. The number of aromatic nitrogens is 1. The summed E-state index contributed by atoms with van der Waals surface area (Å²) in [7, 11) is 0. The Morgan fingerprint density at radius 2 is 1.93 bits per heavy atom. The fraction of sp³-hybridized carbons (Fsp3) is 0.174. The number of hydrogen-bond donors (Lipinski definition) is 1. The molecule has 0 spiro atoms. The number of amides is 1. The fourth-order valence-corrected chi connectivity index (χ4v) is 4.99. The lowest BCUT2D eigenvalue weighted by atomic mass is 9.92. The average Bonchev–Trinajstić information content (AvgIpc) is 3.35. The first kappa shape index (κ1) is 17.5. The van der Waals surface area contributed by atoms with E-state index >= 15 is 0 Å². The Labute approximate surface area is 172 Å². The van der Waals surface area contributed by atoms with Gasteiger partial charge in [-0.25, -0.2) is 0 Å². The zero-order chi connectivity index (χ0) is 19.1. The SMILES string of the molecule is O=C(Cc1cccs1)N1CCc2c([nH]c3ccccc23)C1c1ccc(Cl)cc1. The van der Waals surface area contributed by atoms with Crippen LogP contribution in [0.3, 0.4) is 0 Å². The summed E-state index contributed by atoms with van der Waals surface area (Å²) >= 11 is 7.75. The molecule has 140 valence electrons. The van der Waals surface area contributed by atoms with Crippen LogP contribution in [0.5, 0.6) is 0 Å². The maximum absolute atomic E-state index is 13.2. The third kappa shape index (κ3) is 3.03. The molecule has 1 N–H and O–H groups in total. The first-order valence-corrected chi connectivity index (χ1v) is 10.6. The van der Waals surface area contributed by atoms with E-state index in [2.05, 4.69) is 23.2 Å². The summed E-state index contributed by atoms with van der Waals surface area (Å²) in [6.07, 6.45) is 1.30.